The minimum absolute atomic E-state index is 0.0495. The average molecular weight is 445 g/mol. The van der Waals surface area contributed by atoms with Gasteiger partial charge in [-0.2, -0.15) is 0 Å². The van der Waals surface area contributed by atoms with Crippen molar-refractivity contribution in [3.05, 3.63) is 64.2 Å². The standard InChI is InChI=1S/C21H24N4O3S2/c1-13(2)11-19-23-24-21(29-19)22-20(26)16-8-7-15(4)18(12-16)30(27,28)25-17-9-5-14(3)6-10-17/h5-10,12-13,25H,11H2,1-4H3,(H,22,24,26). The molecule has 3 rings (SSSR count). The summed E-state index contributed by atoms with van der Waals surface area (Å²) in [5.74, 6) is 0.00132. The fraction of sp³-hybridized carbons (Fsp3) is 0.286. The molecule has 1 amide bonds. The molecule has 0 aliphatic rings. The van der Waals surface area contributed by atoms with Crippen LogP contribution < -0.4 is 10.0 Å². The number of anilines is 2. The smallest absolute Gasteiger partial charge is 0.262 e. The van der Waals surface area contributed by atoms with Crippen LogP contribution in [0, 0.1) is 19.8 Å². The van der Waals surface area contributed by atoms with Gasteiger partial charge < -0.3 is 0 Å². The van der Waals surface area contributed by atoms with Crippen molar-refractivity contribution in [2.45, 2.75) is 39.0 Å². The molecule has 1 aromatic heterocycles. The highest BCUT2D eigenvalue weighted by molar-refractivity contribution is 7.92. The molecule has 0 saturated carbocycles. The van der Waals surface area contributed by atoms with Crippen molar-refractivity contribution in [3.63, 3.8) is 0 Å². The molecule has 0 radical (unpaired) electrons. The van der Waals surface area contributed by atoms with Crippen LogP contribution in [0.5, 0.6) is 0 Å². The Kier molecular flexibility index (Phi) is 6.52. The van der Waals surface area contributed by atoms with Gasteiger partial charge in [0.05, 0.1) is 4.90 Å². The molecular weight excluding hydrogens is 420 g/mol. The molecule has 7 nitrogen and oxygen atoms in total. The van der Waals surface area contributed by atoms with E-state index in [9.17, 15) is 13.2 Å². The van der Waals surface area contributed by atoms with Crippen LogP contribution in [-0.4, -0.2) is 24.5 Å². The third-order valence-corrected chi connectivity index (χ3v) is 6.70. The molecule has 0 bridgehead atoms. The topological polar surface area (TPSA) is 101 Å². The zero-order chi connectivity index (χ0) is 21.9. The largest absolute Gasteiger partial charge is 0.296 e. The first-order chi connectivity index (χ1) is 14.1. The molecule has 9 heteroatoms. The molecule has 2 aromatic carbocycles. The molecule has 0 fully saturated rings. The first kappa shape index (κ1) is 21.9. The number of carbonyl (C=O) groups excluding carboxylic acids is 1. The number of carbonyl (C=O) groups is 1. The van der Waals surface area contributed by atoms with Crippen LogP contribution in [-0.2, 0) is 16.4 Å². The summed E-state index contributed by atoms with van der Waals surface area (Å²) in [6.07, 6.45) is 0.783. The Balaban J connectivity index is 1.80. The molecule has 158 valence electrons. The predicted molar refractivity (Wildman–Crippen MR) is 120 cm³/mol. The molecule has 0 aliphatic carbocycles. The summed E-state index contributed by atoms with van der Waals surface area (Å²) in [6.45, 7) is 7.78. The van der Waals surface area contributed by atoms with E-state index in [1.54, 1.807) is 31.2 Å². The lowest BCUT2D eigenvalue weighted by molar-refractivity contribution is 0.102. The second kappa shape index (κ2) is 8.93. The molecule has 0 spiro atoms. The van der Waals surface area contributed by atoms with Gasteiger partial charge in [-0.25, -0.2) is 8.42 Å². The summed E-state index contributed by atoms with van der Waals surface area (Å²) in [7, 11) is -3.85. The Morgan fingerprint density at radius 2 is 1.77 bits per heavy atom. The minimum atomic E-state index is -3.85. The molecule has 1 heterocycles. The van der Waals surface area contributed by atoms with Gasteiger partial charge in [-0.3, -0.25) is 14.8 Å². The third kappa shape index (κ3) is 5.43. The molecule has 0 unspecified atom stereocenters. The number of benzene rings is 2. The van der Waals surface area contributed by atoms with E-state index in [0.717, 1.165) is 17.0 Å². The monoisotopic (exact) mass is 444 g/mol. The number of nitrogens with zero attached hydrogens (tertiary/aromatic N) is 2. The molecule has 30 heavy (non-hydrogen) atoms. The van der Waals surface area contributed by atoms with Crippen molar-refractivity contribution in [2.75, 3.05) is 10.0 Å². The van der Waals surface area contributed by atoms with Crippen molar-refractivity contribution < 1.29 is 13.2 Å². The molecule has 0 aliphatic heterocycles. The maximum Gasteiger partial charge on any atom is 0.262 e. The Morgan fingerprint density at radius 1 is 1.07 bits per heavy atom. The van der Waals surface area contributed by atoms with Crippen LogP contribution in [0.2, 0.25) is 0 Å². The second-order valence-electron chi connectivity index (χ2n) is 7.50. The summed E-state index contributed by atoms with van der Waals surface area (Å²) in [6, 6.07) is 11.6. The van der Waals surface area contributed by atoms with E-state index in [1.807, 2.05) is 19.1 Å². The van der Waals surface area contributed by atoms with E-state index in [-0.39, 0.29) is 10.5 Å². The quantitative estimate of drug-likeness (QED) is 0.562. The summed E-state index contributed by atoms with van der Waals surface area (Å²) in [4.78, 5) is 12.7. The number of nitrogens with one attached hydrogen (secondary N) is 2. The van der Waals surface area contributed by atoms with Crippen LogP contribution in [0.15, 0.2) is 47.4 Å². The summed E-state index contributed by atoms with van der Waals surface area (Å²) >= 11 is 1.32. The predicted octanol–water partition coefficient (Wildman–Crippen LogP) is 4.41. The highest BCUT2D eigenvalue weighted by Gasteiger charge is 2.20. The van der Waals surface area contributed by atoms with Crippen molar-refractivity contribution in [3.8, 4) is 0 Å². The van der Waals surface area contributed by atoms with Crippen LogP contribution in [0.3, 0.4) is 0 Å². The molecular formula is C21H24N4O3S2. The number of aromatic nitrogens is 2. The second-order valence-corrected chi connectivity index (χ2v) is 10.2. The average Bonchev–Trinajstić information content (AvgIpc) is 3.09. The minimum Gasteiger partial charge on any atom is -0.296 e. The lowest BCUT2D eigenvalue weighted by atomic mass is 10.1. The van der Waals surface area contributed by atoms with E-state index < -0.39 is 15.9 Å². The SMILES string of the molecule is Cc1ccc(NS(=O)(=O)c2cc(C(=O)Nc3nnc(CC(C)C)s3)ccc2C)cc1. The van der Waals surface area contributed by atoms with E-state index in [0.29, 0.717) is 22.3 Å². The Morgan fingerprint density at radius 3 is 2.43 bits per heavy atom. The number of rotatable bonds is 7. The fourth-order valence-corrected chi connectivity index (χ4v) is 5.04. The maximum absolute atomic E-state index is 12.9. The van der Waals surface area contributed by atoms with E-state index >= 15 is 0 Å². The number of sulfonamides is 1. The van der Waals surface area contributed by atoms with Gasteiger partial charge in [0.2, 0.25) is 5.13 Å². The Labute approximate surface area is 180 Å². The van der Waals surface area contributed by atoms with Crippen molar-refractivity contribution >= 4 is 38.1 Å². The molecule has 3 aromatic rings. The highest BCUT2D eigenvalue weighted by atomic mass is 32.2. The van der Waals surface area contributed by atoms with E-state index in [1.165, 1.54) is 17.4 Å². The highest BCUT2D eigenvalue weighted by Crippen LogP contribution is 2.23. The van der Waals surface area contributed by atoms with Crippen molar-refractivity contribution in [1.82, 2.24) is 10.2 Å². The summed E-state index contributed by atoms with van der Waals surface area (Å²) in [5.41, 5.74) is 2.26. The van der Waals surface area contributed by atoms with E-state index in [2.05, 4.69) is 34.1 Å². The van der Waals surface area contributed by atoms with Crippen LogP contribution in [0.25, 0.3) is 0 Å². The number of hydrogen-bond donors (Lipinski definition) is 2. The van der Waals surface area contributed by atoms with Crippen molar-refractivity contribution in [1.29, 1.82) is 0 Å². The first-order valence-electron chi connectivity index (χ1n) is 9.48. The molecule has 2 N–H and O–H groups in total. The van der Waals surface area contributed by atoms with Crippen molar-refractivity contribution in [2.24, 2.45) is 5.92 Å². The number of amides is 1. The number of aryl methyl sites for hydroxylation is 2. The van der Waals surface area contributed by atoms with Crippen LogP contribution in [0.4, 0.5) is 10.8 Å². The summed E-state index contributed by atoms with van der Waals surface area (Å²) < 4.78 is 28.3. The third-order valence-electron chi connectivity index (χ3n) is 4.31. The van der Waals surface area contributed by atoms with Gasteiger partial charge in [-0.05, 0) is 49.6 Å². The lowest BCUT2D eigenvalue weighted by Crippen LogP contribution is -2.17. The zero-order valence-electron chi connectivity index (χ0n) is 17.3. The lowest BCUT2D eigenvalue weighted by Gasteiger charge is -2.12. The van der Waals surface area contributed by atoms with Gasteiger partial charge in [0.15, 0.2) is 0 Å². The molecule has 0 atom stereocenters. The zero-order valence-corrected chi connectivity index (χ0v) is 18.9. The molecule has 0 saturated heterocycles. The van der Waals surface area contributed by atoms with Gasteiger partial charge >= 0.3 is 0 Å². The van der Waals surface area contributed by atoms with Gasteiger partial charge in [-0.15, -0.1) is 10.2 Å². The van der Waals surface area contributed by atoms with E-state index in [4.69, 9.17) is 0 Å². The van der Waals surface area contributed by atoms with Gasteiger partial charge in [-0.1, -0.05) is 48.9 Å². The van der Waals surface area contributed by atoms with Gasteiger partial charge in [0, 0.05) is 17.7 Å². The number of hydrogen-bond acceptors (Lipinski definition) is 6. The fourth-order valence-electron chi connectivity index (χ4n) is 2.77. The maximum atomic E-state index is 12.9. The van der Waals surface area contributed by atoms with Crippen LogP contribution in [0.1, 0.15) is 40.3 Å². The van der Waals surface area contributed by atoms with Crippen LogP contribution >= 0.6 is 11.3 Å². The normalized spacial score (nSPS) is 11.5. The Hall–Kier alpha value is -2.78. The van der Waals surface area contributed by atoms with Gasteiger partial charge in [0.1, 0.15) is 5.01 Å². The first-order valence-corrected chi connectivity index (χ1v) is 11.8. The van der Waals surface area contributed by atoms with Gasteiger partial charge in [0.25, 0.3) is 15.9 Å². The Bertz CT molecular complexity index is 1150. The summed E-state index contributed by atoms with van der Waals surface area (Å²) in [5, 5.41) is 12.0.